The third kappa shape index (κ3) is 2.13. The predicted molar refractivity (Wildman–Crippen MR) is 77.4 cm³/mol. The van der Waals surface area contributed by atoms with Crippen LogP contribution in [0.5, 0.6) is 11.6 Å². The number of hydrogen-bond donors (Lipinski definition) is 1. The van der Waals surface area contributed by atoms with Crippen molar-refractivity contribution in [1.82, 2.24) is 4.98 Å². The van der Waals surface area contributed by atoms with Crippen LogP contribution in [-0.2, 0) is 0 Å². The molecule has 4 heteroatoms. The molecular weight excluding hydrogens is 250 g/mol. The van der Waals surface area contributed by atoms with E-state index in [0.29, 0.717) is 22.9 Å². The quantitative estimate of drug-likeness (QED) is 0.717. The number of nitrogen functional groups attached to an aromatic ring is 1. The zero-order valence-corrected chi connectivity index (χ0v) is 10.6. The number of fused-ring (bicyclic) bond motifs is 1. The maximum atomic E-state index is 9.22. The van der Waals surface area contributed by atoms with Gasteiger partial charge in [-0.1, -0.05) is 30.3 Å². The lowest BCUT2D eigenvalue weighted by Gasteiger charge is -2.08. The van der Waals surface area contributed by atoms with Crippen LogP contribution in [0.3, 0.4) is 0 Å². The van der Waals surface area contributed by atoms with E-state index in [0.717, 1.165) is 10.9 Å². The number of nitrogens with two attached hydrogens (primary N) is 1. The Morgan fingerprint density at radius 1 is 1.05 bits per heavy atom. The molecule has 0 aliphatic carbocycles. The van der Waals surface area contributed by atoms with E-state index in [1.807, 2.05) is 36.4 Å². The lowest BCUT2D eigenvalue weighted by Crippen LogP contribution is -1.94. The maximum absolute atomic E-state index is 9.22. The second-order valence-electron chi connectivity index (χ2n) is 4.28. The zero-order chi connectivity index (χ0) is 13.9. The lowest BCUT2D eigenvalue weighted by atomic mass is 10.1. The van der Waals surface area contributed by atoms with Gasteiger partial charge in [0.25, 0.3) is 0 Å². The van der Waals surface area contributed by atoms with Crippen LogP contribution in [0, 0.1) is 11.3 Å². The molecule has 0 fully saturated rings. The van der Waals surface area contributed by atoms with Crippen molar-refractivity contribution < 1.29 is 4.74 Å². The molecule has 1 heterocycles. The van der Waals surface area contributed by atoms with Crippen molar-refractivity contribution in [3.63, 3.8) is 0 Å². The number of nitrogens with zero attached hydrogens (tertiary/aromatic N) is 2. The maximum Gasteiger partial charge on any atom is 0.221 e. The summed E-state index contributed by atoms with van der Waals surface area (Å²) in [5.74, 6) is 0.886. The van der Waals surface area contributed by atoms with Crippen molar-refractivity contribution in [2.45, 2.75) is 0 Å². The van der Waals surface area contributed by atoms with Gasteiger partial charge < -0.3 is 10.5 Å². The number of aromatic nitrogens is 1. The highest BCUT2D eigenvalue weighted by Crippen LogP contribution is 2.28. The molecule has 96 valence electrons. The van der Waals surface area contributed by atoms with E-state index in [4.69, 9.17) is 10.5 Å². The second-order valence-corrected chi connectivity index (χ2v) is 4.28. The van der Waals surface area contributed by atoms with E-state index >= 15 is 0 Å². The molecule has 0 radical (unpaired) electrons. The number of para-hydroxylation sites is 3. The van der Waals surface area contributed by atoms with Crippen LogP contribution < -0.4 is 10.5 Å². The first-order valence-corrected chi connectivity index (χ1v) is 6.10. The minimum absolute atomic E-state index is 0.359. The first-order chi connectivity index (χ1) is 9.78. The van der Waals surface area contributed by atoms with Crippen LogP contribution in [0.4, 0.5) is 5.69 Å². The molecule has 4 nitrogen and oxygen atoms in total. The fraction of sp³-hybridized carbons (Fsp3) is 0. The highest BCUT2D eigenvalue weighted by molar-refractivity contribution is 5.85. The summed E-state index contributed by atoms with van der Waals surface area (Å²) in [4.78, 5) is 4.39. The fourth-order valence-corrected chi connectivity index (χ4v) is 1.98. The van der Waals surface area contributed by atoms with Crippen molar-refractivity contribution in [3.8, 4) is 17.7 Å². The highest BCUT2D eigenvalue weighted by Gasteiger charge is 2.08. The number of benzene rings is 2. The first-order valence-electron chi connectivity index (χ1n) is 6.10. The summed E-state index contributed by atoms with van der Waals surface area (Å²) < 4.78 is 5.67. The van der Waals surface area contributed by atoms with Gasteiger partial charge in [0, 0.05) is 11.5 Å². The number of rotatable bonds is 2. The Balaban J connectivity index is 2.09. The summed E-state index contributed by atoms with van der Waals surface area (Å²) in [5.41, 5.74) is 7.61. The standard InChI is InChI=1S/C16H11N3O/c17-10-11-9-16(19-14-7-3-1-5-12(11)14)20-15-8-4-2-6-13(15)18/h1-9H,18H2. The van der Waals surface area contributed by atoms with Gasteiger partial charge in [0.05, 0.1) is 16.8 Å². The second kappa shape index (κ2) is 4.90. The van der Waals surface area contributed by atoms with Crippen LogP contribution >= 0.6 is 0 Å². The van der Waals surface area contributed by atoms with E-state index in [1.165, 1.54) is 0 Å². The molecule has 0 unspecified atom stereocenters. The Bertz CT molecular complexity index is 821. The van der Waals surface area contributed by atoms with E-state index < -0.39 is 0 Å². The normalized spacial score (nSPS) is 10.2. The number of nitriles is 1. The smallest absolute Gasteiger partial charge is 0.221 e. The summed E-state index contributed by atoms with van der Waals surface area (Å²) in [5, 5.41) is 10.0. The van der Waals surface area contributed by atoms with Gasteiger partial charge in [-0.15, -0.1) is 0 Å². The van der Waals surface area contributed by atoms with Crippen molar-refractivity contribution in [1.29, 1.82) is 5.26 Å². The molecule has 0 atom stereocenters. The largest absolute Gasteiger partial charge is 0.437 e. The van der Waals surface area contributed by atoms with E-state index in [-0.39, 0.29) is 0 Å². The summed E-state index contributed by atoms with van der Waals surface area (Å²) in [6.45, 7) is 0. The van der Waals surface area contributed by atoms with Crippen LogP contribution in [0.15, 0.2) is 54.6 Å². The number of pyridine rings is 1. The molecule has 0 spiro atoms. The van der Waals surface area contributed by atoms with Gasteiger partial charge in [-0.25, -0.2) is 4.98 Å². The minimum Gasteiger partial charge on any atom is -0.437 e. The van der Waals surface area contributed by atoms with Gasteiger partial charge in [-0.3, -0.25) is 0 Å². The Morgan fingerprint density at radius 2 is 1.80 bits per heavy atom. The predicted octanol–water partition coefficient (Wildman–Crippen LogP) is 3.48. The molecule has 2 N–H and O–H groups in total. The summed E-state index contributed by atoms with van der Waals surface area (Å²) in [6, 6.07) is 18.4. The average molecular weight is 261 g/mol. The Hall–Kier alpha value is -3.06. The van der Waals surface area contributed by atoms with Crippen LogP contribution in [0.2, 0.25) is 0 Å². The third-order valence-corrected chi connectivity index (χ3v) is 2.95. The topological polar surface area (TPSA) is 71.9 Å². The number of hydrogen-bond acceptors (Lipinski definition) is 4. The van der Waals surface area contributed by atoms with Gasteiger partial charge in [-0.2, -0.15) is 5.26 Å². The van der Waals surface area contributed by atoms with Crippen molar-refractivity contribution >= 4 is 16.6 Å². The summed E-state index contributed by atoms with van der Waals surface area (Å²) >= 11 is 0. The van der Waals surface area contributed by atoms with E-state index in [9.17, 15) is 5.26 Å². The molecular formula is C16H11N3O. The molecule has 3 aromatic rings. The molecule has 0 amide bonds. The molecule has 0 aliphatic rings. The van der Waals surface area contributed by atoms with Gasteiger partial charge in [0.2, 0.25) is 5.88 Å². The van der Waals surface area contributed by atoms with Crippen molar-refractivity contribution in [2.24, 2.45) is 0 Å². The number of ether oxygens (including phenoxy) is 1. The van der Waals surface area contributed by atoms with Gasteiger partial charge in [-0.05, 0) is 18.2 Å². The Kier molecular flexibility index (Phi) is 2.94. The third-order valence-electron chi connectivity index (χ3n) is 2.95. The average Bonchev–Trinajstić information content (AvgIpc) is 2.49. The van der Waals surface area contributed by atoms with Crippen molar-refractivity contribution in [2.75, 3.05) is 5.73 Å². The monoisotopic (exact) mass is 261 g/mol. The molecule has 20 heavy (non-hydrogen) atoms. The fourth-order valence-electron chi connectivity index (χ4n) is 1.98. The SMILES string of the molecule is N#Cc1cc(Oc2ccccc2N)nc2ccccc12. The Labute approximate surface area is 116 Å². The lowest BCUT2D eigenvalue weighted by molar-refractivity contribution is 0.467. The van der Waals surface area contributed by atoms with E-state index in [1.54, 1.807) is 18.2 Å². The molecule has 1 aromatic heterocycles. The first kappa shape index (κ1) is 12.0. The number of anilines is 1. The summed E-state index contributed by atoms with van der Waals surface area (Å²) in [6.07, 6.45) is 0. The van der Waals surface area contributed by atoms with E-state index in [2.05, 4.69) is 11.1 Å². The van der Waals surface area contributed by atoms with Gasteiger partial charge >= 0.3 is 0 Å². The molecule has 0 bridgehead atoms. The molecule has 0 saturated heterocycles. The van der Waals surface area contributed by atoms with Crippen LogP contribution in [0.1, 0.15) is 5.56 Å². The zero-order valence-electron chi connectivity index (χ0n) is 10.6. The Morgan fingerprint density at radius 3 is 2.60 bits per heavy atom. The van der Waals surface area contributed by atoms with Crippen molar-refractivity contribution in [3.05, 3.63) is 60.2 Å². The van der Waals surface area contributed by atoms with Gasteiger partial charge in [0.1, 0.15) is 6.07 Å². The summed E-state index contributed by atoms with van der Waals surface area (Å²) in [7, 11) is 0. The highest BCUT2D eigenvalue weighted by atomic mass is 16.5. The van der Waals surface area contributed by atoms with Crippen LogP contribution in [0.25, 0.3) is 10.9 Å². The molecule has 0 aliphatic heterocycles. The van der Waals surface area contributed by atoms with Crippen LogP contribution in [-0.4, -0.2) is 4.98 Å². The minimum atomic E-state index is 0.359. The van der Waals surface area contributed by atoms with Gasteiger partial charge in [0.15, 0.2) is 5.75 Å². The molecule has 3 rings (SSSR count). The molecule has 0 saturated carbocycles. The molecule has 2 aromatic carbocycles.